The number of benzene rings is 1. The summed E-state index contributed by atoms with van der Waals surface area (Å²) in [5.74, 6) is 0.0408. The molecule has 1 heterocycles. The van der Waals surface area contributed by atoms with E-state index in [1.165, 1.54) is 24.3 Å². The van der Waals surface area contributed by atoms with Gasteiger partial charge < -0.3 is 4.74 Å². The molecule has 0 spiro atoms. The summed E-state index contributed by atoms with van der Waals surface area (Å²) in [4.78, 5) is 3.51. The molecular weight excluding hydrogens is 298 g/mol. The normalized spacial score (nSPS) is 11.8. The Morgan fingerprint density at radius 3 is 2.50 bits per heavy atom. The van der Waals surface area contributed by atoms with E-state index in [4.69, 9.17) is 4.74 Å². The van der Waals surface area contributed by atoms with Crippen molar-refractivity contribution in [2.75, 3.05) is 0 Å². The van der Waals surface area contributed by atoms with Crippen molar-refractivity contribution in [2.45, 2.75) is 32.5 Å². The fourth-order valence-electron chi connectivity index (χ4n) is 1.93. The summed E-state index contributed by atoms with van der Waals surface area (Å²) in [6, 6.07) is 7.89. The minimum Gasteiger partial charge on any atom is -0.487 e. The smallest absolute Gasteiger partial charge is 0.433 e. The molecule has 0 amide bonds. The van der Waals surface area contributed by atoms with Gasteiger partial charge in [-0.2, -0.15) is 13.2 Å². The molecule has 0 radical (unpaired) electrons. The summed E-state index contributed by atoms with van der Waals surface area (Å²) < 4.78 is 56.7. The van der Waals surface area contributed by atoms with E-state index in [9.17, 15) is 17.6 Å². The van der Waals surface area contributed by atoms with E-state index in [0.29, 0.717) is 11.3 Å². The summed E-state index contributed by atoms with van der Waals surface area (Å²) >= 11 is 0. The van der Waals surface area contributed by atoms with Crippen molar-refractivity contribution in [3.05, 3.63) is 59.2 Å². The Bertz CT molecular complexity index is 653. The monoisotopic (exact) mass is 313 g/mol. The third-order valence-corrected chi connectivity index (χ3v) is 3.07. The van der Waals surface area contributed by atoms with Gasteiger partial charge in [0, 0.05) is 0 Å². The van der Waals surface area contributed by atoms with E-state index < -0.39 is 11.9 Å². The van der Waals surface area contributed by atoms with Crippen molar-refractivity contribution >= 4 is 0 Å². The van der Waals surface area contributed by atoms with Gasteiger partial charge >= 0.3 is 6.18 Å². The maximum absolute atomic E-state index is 13.6. The first-order valence-corrected chi connectivity index (χ1v) is 6.72. The van der Waals surface area contributed by atoms with Crippen LogP contribution in [0.3, 0.4) is 0 Å². The van der Waals surface area contributed by atoms with Gasteiger partial charge in [0.05, 0.1) is 5.69 Å². The molecular formula is C16H15F4NO. The Labute approximate surface area is 125 Å². The second-order valence-electron chi connectivity index (χ2n) is 5.14. The first-order valence-electron chi connectivity index (χ1n) is 6.72. The fraction of sp³-hybridized carbons (Fsp3) is 0.312. The molecule has 0 saturated carbocycles. The summed E-state index contributed by atoms with van der Waals surface area (Å²) in [5, 5.41) is 0. The van der Waals surface area contributed by atoms with Crippen LogP contribution in [0, 0.1) is 5.82 Å². The summed E-state index contributed by atoms with van der Waals surface area (Å²) in [7, 11) is 0. The first-order chi connectivity index (χ1) is 10.3. The summed E-state index contributed by atoms with van der Waals surface area (Å²) in [6.45, 7) is 3.57. The molecule has 2 aromatic rings. The predicted octanol–water partition coefficient (Wildman–Crippen LogP) is 4.94. The molecule has 0 atom stereocenters. The van der Waals surface area contributed by atoms with Crippen LogP contribution in [-0.2, 0) is 12.8 Å². The molecule has 2 nitrogen and oxygen atoms in total. The predicted molar refractivity (Wildman–Crippen MR) is 74.1 cm³/mol. The maximum Gasteiger partial charge on any atom is 0.433 e. The Kier molecular flexibility index (Phi) is 4.68. The van der Waals surface area contributed by atoms with Crippen LogP contribution in [0.5, 0.6) is 5.75 Å². The third kappa shape index (κ3) is 3.96. The molecule has 0 fully saturated rings. The first kappa shape index (κ1) is 16.3. The van der Waals surface area contributed by atoms with Gasteiger partial charge in [0.25, 0.3) is 0 Å². The SMILES string of the molecule is CC(C)c1cc(OCc2cccc(C(F)(F)F)n2)ccc1F. The van der Waals surface area contributed by atoms with Crippen molar-refractivity contribution in [2.24, 2.45) is 0 Å². The summed E-state index contributed by atoms with van der Waals surface area (Å²) in [5.41, 5.74) is -0.310. The number of aromatic nitrogens is 1. The van der Waals surface area contributed by atoms with Gasteiger partial charge in [-0.3, -0.25) is 0 Å². The Morgan fingerprint density at radius 1 is 1.14 bits per heavy atom. The highest BCUT2D eigenvalue weighted by Crippen LogP contribution is 2.28. The van der Waals surface area contributed by atoms with Gasteiger partial charge in [0.1, 0.15) is 23.9 Å². The number of ether oxygens (including phenoxy) is 1. The van der Waals surface area contributed by atoms with Crippen molar-refractivity contribution in [1.82, 2.24) is 4.98 Å². The minimum atomic E-state index is -4.49. The van der Waals surface area contributed by atoms with Gasteiger partial charge in [-0.05, 0) is 41.8 Å². The quantitative estimate of drug-likeness (QED) is 0.746. The van der Waals surface area contributed by atoms with Crippen LogP contribution < -0.4 is 4.74 Å². The molecule has 1 aromatic heterocycles. The molecule has 0 aliphatic heterocycles. The van der Waals surface area contributed by atoms with E-state index in [0.717, 1.165) is 6.07 Å². The lowest BCUT2D eigenvalue weighted by atomic mass is 10.0. The van der Waals surface area contributed by atoms with Crippen LogP contribution in [0.4, 0.5) is 17.6 Å². The molecule has 0 saturated heterocycles. The number of pyridine rings is 1. The van der Waals surface area contributed by atoms with Crippen LogP contribution in [0.15, 0.2) is 36.4 Å². The zero-order valence-corrected chi connectivity index (χ0v) is 12.1. The van der Waals surface area contributed by atoms with Crippen LogP contribution in [-0.4, -0.2) is 4.98 Å². The number of hydrogen-bond donors (Lipinski definition) is 0. The largest absolute Gasteiger partial charge is 0.487 e. The topological polar surface area (TPSA) is 22.1 Å². The maximum atomic E-state index is 13.6. The van der Waals surface area contributed by atoms with E-state index in [1.807, 2.05) is 13.8 Å². The molecule has 118 valence electrons. The Balaban J connectivity index is 2.12. The van der Waals surface area contributed by atoms with E-state index >= 15 is 0 Å². The van der Waals surface area contributed by atoms with E-state index in [1.54, 1.807) is 6.07 Å². The molecule has 0 N–H and O–H groups in total. The van der Waals surface area contributed by atoms with Crippen molar-refractivity contribution < 1.29 is 22.3 Å². The average Bonchev–Trinajstić information content (AvgIpc) is 2.45. The highest BCUT2D eigenvalue weighted by molar-refractivity contribution is 5.31. The lowest BCUT2D eigenvalue weighted by Gasteiger charge is -2.12. The standard InChI is InChI=1S/C16H15F4NO/c1-10(2)13-8-12(6-7-14(13)17)22-9-11-4-3-5-15(21-11)16(18,19)20/h3-8,10H,9H2,1-2H3. The number of hydrogen-bond acceptors (Lipinski definition) is 2. The zero-order valence-electron chi connectivity index (χ0n) is 12.1. The molecule has 1 aromatic carbocycles. The molecule has 2 rings (SSSR count). The lowest BCUT2D eigenvalue weighted by Crippen LogP contribution is -2.10. The molecule has 0 aliphatic rings. The van der Waals surface area contributed by atoms with Gasteiger partial charge in [-0.1, -0.05) is 19.9 Å². The Morgan fingerprint density at radius 2 is 1.86 bits per heavy atom. The lowest BCUT2D eigenvalue weighted by molar-refractivity contribution is -0.141. The van der Waals surface area contributed by atoms with Crippen LogP contribution >= 0.6 is 0 Å². The van der Waals surface area contributed by atoms with E-state index in [-0.39, 0.29) is 24.0 Å². The number of nitrogens with zero attached hydrogens (tertiary/aromatic N) is 1. The second-order valence-corrected chi connectivity index (χ2v) is 5.14. The highest BCUT2D eigenvalue weighted by Gasteiger charge is 2.32. The third-order valence-electron chi connectivity index (χ3n) is 3.07. The van der Waals surface area contributed by atoms with Gasteiger partial charge in [-0.15, -0.1) is 0 Å². The molecule has 22 heavy (non-hydrogen) atoms. The van der Waals surface area contributed by atoms with Crippen molar-refractivity contribution in [1.29, 1.82) is 0 Å². The molecule has 0 unspecified atom stereocenters. The average molecular weight is 313 g/mol. The van der Waals surface area contributed by atoms with E-state index in [2.05, 4.69) is 4.98 Å². The second kappa shape index (κ2) is 6.34. The van der Waals surface area contributed by atoms with Gasteiger partial charge in [0.15, 0.2) is 0 Å². The van der Waals surface area contributed by atoms with Crippen LogP contribution in [0.2, 0.25) is 0 Å². The number of rotatable bonds is 4. The minimum absolute atomic E-state index is 0.0183. The fourth-order valence-corrected chi connectivity index (χ4v) is 1.93. The van der Waals surface area contributed by atoms with Gasteiger partial charge in [-0.25, -0.2) is 9.37 Å². The van der Waals surface area contributed by atoms with Crippen molar-refractivity contribution in [3.8, 4) is 5.75 Å². The molecule has 0 aliphatic carbocycles. The van der Waals surface area contributed by atoms with Crippen LogP contribution in [0.25, 0.3) is 0 Å². The number of alkyl halides is 3. The zero-order chi connectivity index (χ0) is 16.3. The Hall–Kier alpha value is -2.11. The molecule has 0 bridgehead atoms. The number of halogens is 4. The van der Waals surface area contributed by atoms with Crippen LogP contribution in [0.1, 0.15) is 36.7 Å². The summed E-state index contributed by atoms with van der Waals surface area (Å²) in [6.07, 6.45) is -4.49. The highest BCUT2D eigenvalue weighted by atomic mass is 19.4. The van der Waals surface area contributed by atoms with Crippen molar-refractivity contribution in [3.63, 3.8) is 0 Å². The van der Waals surface area contributed by atoms with Gasteiger partial charge in [0.2, 0.25) is 0 Å². The molecule has 6 heteroatoms.